The number of anilines is 1. The second-order valence-corrected chi connectivity index (χ2v) is 5.27. The summed E-state index contributed by atoms with van der Waals surface area (Å²) in [7, 11) is 4.11. The van der Waals surface area contributed by atoms with Gasteiger partial charge >= 0.3 is 0 Å². The normalized spacial score (nSPS) is 10.8. The summed E-state index contributed by atoms with van der Waals surface area (Å²) in [6, 6.07) is 8.65. The molecule has 108 valence electrons. The van der Waals surface area contributed by atoms with Crippen molar-refractivity contribution in [3.8, 4) is 0 Å². The predicted molar refractivity (Wildman–Crippen MR) is 84.1 cm³/mol. The average Bonchev–Trinajstić information content (AvgIpc) is 2.87. The summed E-state index contributed by atoms with van der Waals surface area (Å²) in [6.07, 6.45) is 6.99. The number of aromatic nitrogens is 2. The number of hydrogen-bond acceptors (Lipinski definition) is 3. The van der Waals surface area contributed by atoms with Gasteiger partial charge in [-0.3, -0.25) is 0 Å². The van der Waals surface area contributed by atoms with E-state index in [4.69, 9.17) is 5.73 Å². The maximum Gasteiger partial charge on any atom is 0.113 e. The second-order valence-electron chi connectivity index (χ2n) is 5.27. The van der Waals surface area contributed by atoms with Gasteiger partial charge in [-0.15, -0.1) is 0 Å². The number of hydrogen-bond donors (Lipinski definition) is 1. The Morgan fingerprint density at radius 2 is 1.90 bits per heavy atom. The van der Waals surface area contributed by atoms with Crippen LogP contribution in [0.4, 0.5) is 5.69 Å². The number of imidazole rings is 1. The third kappa shape index (κ3) is 3.84. The van der Waals surface area contributed by atoms with E-state index in [0.29, 0.717) is 0 Å². The highest BCUT2D eigenvalue weighted by atomic mass is 15.1. The largest absolute Gasteiger partial charge is 0.378 e. The standard InChI is InChI=1S/C16H24N4/c1-19(2)15-7-5-14(6-8-15)13-16-18-10-12-20(16)11-4-3-9-17/h5-8,10,12H,3-4,9,11,13,17H2,1-2H3. The molecule has 0 amide bonds. The summed E-state index contributed by atoms with van der Waals surface area (Å²) in [5, 5.41) is 0. The van der Waals surface area contributed by atoms with Crippen LogP contribution in [0.3, 0.4) is 0 Å². The van der Waals surface area contributed by atoms with E-state index < -0.39 is 0 Å². The molecule has 0 radical (unpaired) electrons. The minimum atomic E-state index is 0.760. The maximum atomic E-state index is 5.54. The molecule has 0 spiro atoms. The van der Waals surface area contributed by atoms with Crippen molar-refractivity contribution in [3.63, 3.8) is 0 Å². The molecule has 0 aliphatic heterocycles. The van der Waals surface area contributed by atoms with E-state index in [1.54, 1.807) is 0 Å². The zero-order valence-electron chi connectivity index (χ0n) is 12.4. The molecule has 20 heavy (non-hydrogen) atoms. The number of benzene rings is 1. The van der Waals surface area contributed by atoms with Crippen LogP contribution in [0.25, 0.3) is 0 Å². The Bertz CT molecular complexity index is 514. The molecule has 2 aromatic rings. The second kappa shape index (κ2) is 7.10. The Hall–Kier alpha value is -1.81. The van der Waals surface area contributed by atoms with E-state index >= 15 is 0 Å². The summed E-state index contributed by atoms with van der Waals surface area (Å²) < 4.78 is 2.23. The van der Waals surface area contributed by atoms with E-state index in [1.165, 1.54) is 11.3 Å². The number of aryl methyl sites for hydroxylation is 1. The lowest BCUT2D eigenvalue weighted by Gasteiger charge is -2.13. The van der Waals surface area contributed by atoms with Gasteiger partial charge in [0, 0.05) is 45.1 Å². The van der Waals surface area contributed by atoms with E-state index in [9.17, 15) is 0 Å². The molecule has 4 nitrogen and oxygen atoms in total. The van der Waals surface area contributed by atoms with Crippen molar-refractivity contribution in [2.75, 3.05) is 25.5 Å². The van der Waals surface area contributed by atoms with Gasteiger partial charge in [0.25, 0.3) is 0 Å². The van der Waals surface area contributed by atoms with Crippen LogP contribution in [-0.4, -0.2) is 30.2 Å². The topological polar surface area (TPSA) is 47.1 Å². The average molecular weight is 272 g/mol. The van der Waals surface area contributed by atoms with Crippen LogP contribution in [0, 0.1) is 0 Å². The lowest BCUT2D eigenvalue weighted by atomic mass is 10.1. The van der Waals surface area contributed by atoms with Crippen LogP contribution in [0.2, 0.25) is 0 Å². The molecule has 0 aliphatic carbocycles. The Labute approximate surface area is 121 Å². The van der Waals surface area contributed by atoms with Crippen molar-refractivity contribution in [1.29, 1.82) is 0 Å². The number of unbranched alkanes of at least 4 members (excludes halogenated alkanes) is 1. The van der Waals surface area contributed by atoms with Gasteiger partial charge in [-0.1, -0.05) is 12.1 Å². The molecule has 0 atom stereocenters. The predicted octanol–water partition coefficient (Wildman–Crippen LogP) is 2.28. The summed E-state index contributed by atoms with van der Waals surface area (Å²) in [5.41, 5.74) is 8.05. The zero-order valence-corrected chi connectivity index (χ0v) is 12.4. The number of nitrogens with two attached hydrogens (primary N) is 1. The van der Waals surface area contributed by atoms with E-state index in [1.807, 2.05) is 6.20 Å². The summed E-state index contributed by atoms with van der Waals surface area (Å²) in [5.74, 6) is 1.12. The minimum Gasteiger partial charge on any atom is -0.378 e. The molecule has 2 N–H and O–H groups in total. The molecule has 0 aliphatic rings. The molecule has 0 fully saturated rings. The molecular formula is C16H24N4. The molecule has 1 aromatic heterocycles. The molecule has 1 heterocycles. The minimum absolute atomic E-state index is 0.760. The Morgan fingerprint density at radius 3 is 2.55 bits per heavy atom. The monoisotopic (exact) mass is 272 g/mol. The van der Waals surface area contributed by atoms with E-state index in [-0.39, 0.29) is 0 Å². The van der Waals surface area contributed by atoms with Gasteiger partial charge in [0.15, 0.2) is 0 Å². The van der Waals surface area contributed by atoms with Crippen LogP contribution < -0.4 is 10.6 Å². The molecule has 2 rings (SSSR count). The Morgan fingerprint density at radius 1 is 1.15 bits per heavy atom. The van der Waals surface area contributed by atoms with E-state index in [0.717, 1.165) is 38.2 Å². The van der Waals surface area contributed by atoms with Gasteiger partial charge in [-0.25, -0.2) is 4.98 Å². The number of rotatable bonds is 7. The fraction of sp³-hybridized carbons (Fsp3) is 0.438. The van der Waals surface area contributed by atoms with E-state index in [2.05, 4.69) is 59.0 Å². The molecule has 1 aromatic carbocycles. The highest BCUT2D eigenvalue weighted by Crippen LogP contribution is 2.15. The van der Waals surface area contributed by atoms with Gasteiger partial charge in [0.2, 0.25) is 0 Å². The summed E-state index contributed by atoms with van der Waals surface area (Å²) in [6.45, 7) is 1.76. The highest BCUT2D eigenvalue weighted by molar-refractivity contribution is 5.46. The van der Waals surface area contributed by atoms with Crippen LogP contribution in [0.1, 0.15) is 24.2 Å². The van der Waals surface area contributed by atoms with Crippen LogP contribution in [0.5, 0.6) is 0 Å². The fourth-order valence-electron chi connectivity index (χ4n) is 2.23. The first kappa shape index (κ1) is 14.6. The lowest BCUT2D eigenvalue weighted by molar-refractivity contribution is 0.595. The molecule has 0 bridgehead atoms. The van der Waals surface area contributed by atoms with Gasteiger partial charge in [0.05, 0.1) is 0 Å². The molecule has 0 saturated heterocycles. The van der Waals surface area contributed by atoms with Gasteiger partial charge < -0.3 is 15.2 Å². The smallest absolute Gasteiger partial charge is 0.113 e. The maximum absolute atomic E-state index is 5.54. The number of nitrogens with zero attached hydrogens (tertiary/aromatic N) is 3. The zero-order chi connectivity index (χ0) is 14.4. The molecule has 4 heteroatoms. The third-order valence-corrected chi connectivity index (χ3v) is 3.47. The van der Waals surface area contributed by atoms with Crippen molar-refractivity contribution in [1.82, 2.24) is 9.55 Å². The fourth-order valence-corrected chi connectivity index (χ4v) is 2.23. The first-order valence-electron chi connectivity index (χ1n) is 7.17. The van der Waals surface area contributed by atoms with Crippen LogP contribution >= 0.6 is 0 Å². The quantitative estimate of drug-likeness (QED) is 0.787. The molecular weight excluding hydrogens is 248 g/mol. The van der Waals surface area contributed by atoms with Crippen LogP contribution in [0.15, 0.2) is 36.7 Å². The van der Waals surface area contributed by atoms with Crippen molar-refractivity contribution in [3.05, 3.63) is 48.0 Å². The first-order chi connectivity index (χ1) is 9.70. The SMILES string of the molecule is CN(C)c1ccc(Cc2nccn2CCCCN)cc1. The third-order valence-electron chi connectivity index (χ3n) is 3.47. The Balaban J connectivity index is 2.00. The van der Waals surface area contributed by atoms with Gasteiger partial charge in [0.1, 0.15) is 5.82 Å². The van der Waals surface area contributed by atoms with Gasteiger partial charge in [-0.05, 0) is 37.1 Å². The van der Waals surface area contributed by atoms with Crippen LogP contribution in [-0.2, 0) is 13.0 Å². The summed E-state index contributed by atoms with van der Waals surface area (Å²) >= 11 is 0. The summed E-state index contributed by atoms with van der Waals surface area (Å²) in [4.78, 5) is 6.58. The Kier molecular flexibility index (Phi) is 5.18. The highest BCUT2D eigenvalue weighted by Gasteiger charge is 2.04. The first-order valence-corrected chi connectivity index (χ1v) is 7.17. The molecule has 0 unspecified atom stereocenters. The van der Waals surface area contributed by atoms with Crippen molar-refractivity contribution in [2.45, 2.75) is 25.8 Å². The lowest BCUT2D eigenvalue weighted by Crippen LogP contribution is -2.09. The molecule has 0 saturated carbocycles. The van der Waals surface area contributed by atoms with Crippen molar-refractivity contribution < 1.29 is 0 Å². The van der Waals surface area contributed by atoms with Crippen molar-refractivity contribution in [2.24, 2.45) is 5.73 Å². The van der Waals surface area contributed by atoms with Gasteiger partial charge in [-0.2, -0.15) is 0 Å². The van der Waals surface area contributed by atoms with Crippen molar-refractivity contribution >= 4 is 5.69 Å².